The molecule has 5 nitrogen and oxygen atoms in total. The van der Waals surface area contributed by atoms with Crippen LogP contribution >= 0.6 is 0 Å². The minimum absolute atomic E-state index is 0.0122. The predicted molar refractivity (Wildman–Crippen MR) is 58.2 cm³/mol. The van der Waals surface area contributed by atoms with Gasteiger partial charge in [-0.05, 0) is 12.1 Å². The highest BCUT2D eigenvalue weighted by Crippen LogP contribution is 2.21. The molecule has 1 N–H and O–H groups in total. The topological polar surface area (TPSA) is 71.3 Å². The first-order valence-corrected chi connectivity index (χ1v) is 4.60. The highest BCUT2D eigenvalue weighted by molar-refractivity contribution is 5.76. The lowest BCUT2D eigenvalue weighted by Gasteiger charge is -2.08. The molecule has 5 heteroatoms. The molecule has 0 radical (unpaired) electrons. The van der Waals surface area contributed by atoms with Crippen LogP contribution in [0.3, 0.4) is 0 Å². The van der Waals surface area contributed by atoms with Crippen LogP contribution in [0.25, 0.3) is 0 Å². The Morgan fingerprint density at radius 2 is 2.25 bits per heavy atom. The number of hydrogen-bond acceptors (Lipinski definition) is 5. The monoisotopic (exact) mass is 220 g/mol. The first kappa shape index (κ1) is 11.9. The summed E-state index contributed by atoms with van der Waals surface area (Å²) in [6.45, 7) is 0.0122. The molecule has 0 aliphatic heterocycles. The Balaban J connectivity index is 2.84. The van der Waals surface area contributed by atoms with Crippen LogP contribution < -0.4 is 10.1 Å². The van der Waals surface area contributed by atoms with Crippen molar-refractivity contribution < 1.29 is 14.3 Å². The van der Waals surface area contributed by atoms with Crippen LogP contribution in [-0.2, 0) is 9.53 Å². The molecule has 0 saturated carbocycles. The Hall–Kier alpha value is -2.22. The smallest absolute Gasteiger partial charge is 0.325 e. The molecule has 84 valence electrons. The summed E-state index contributed by atoms with van der Waals surface area (Å²) in [5, 5.41) is 11.7. The van der Waals surface area contributed by atoms with E-state index in [1.165, 1.54) is 14.2 Å². The highest BCUT2D eigenvalue weighted by Gasteiger charge is 2.06. The van der Waals surface area contributed by atoms with Crippen molar-refractivity contribution in [2.24, 2.45) is 0 Å². The number of hydrogen-bond donors (Lipinski definition) is 1. The number of rotatable bonds is 4. The van der Waals surface area contributed by atoms with Gasteiger partial charge in [-0.1, -0.05) is 0 Å². The molecule has 1 aromatic carbocycles. The number of anilines is 1. The number of carbonyl (C=O) groups is 1. The lowest BCUT2D eigenvalue weighted by Crippen LogP contribution is -2.15. The van der Waals surface area contributed by atoms with E-state index in [0.717, 1.165) is 0 Å². The Morgan fingerprint density at radius 1 is 1.50 bits per heavy atom. The maximum absolute atomic E-state index is 10.9. The van der Waals surface area contributed by atoms with Gasteiger partial charge in [-0.3, -0.25) is 4.79 Å². The van der Waals surface area contributed by atoms with E-state index in [1.54, 1.807) is 18.2 Å². The minimum atomic E-state index is -0.397. The summed E-state index contributed by atoms with van der Waals surface area (Å²) in [5.74, 6) is 0.220. The molecule has 0 unspecified atom stereocenters. The fourth-order valence-electron chi connectivity index (χ4n) is 1.13. The van der Waals surface area contributed by atoms with E-state index in [0.29, 0.717) is 17.0 Å². The van der Waals surface area contributed by atoms with Crippen LogP contribution in [0.5, 0.6) is 5.75 Å². The fourth-order valence-corrected chi connectivity index (χ4v) is 1.13. The van der Waals surface area contributed by atoms with Crippen LogP contribution in [0.4, 0.5) is 5.69 Å². The molecule has 0 spiro atoms. The quantitative estimate of drug-likeness (QED) is 0.771. The maximum atomic E-state index is 10.9. The Kier molecular flexibility index (Phi) is 4.16. The highest BCUT2D eigenvalue weighted by atomic mass is 16.5. The molecular formula is C11H12N2O3. The van der Waals surface area contributed by atoms with Gasteiger partial charge in [0.1, 0.15) is 18.4 Å². The predicted octanol–water partition coefficient (Wildman–Crippen LogP) is 1.15. The van der Waals surface area contributed by atoms with Crippen molar-refractivity contribution in [2.75, 3.05) is 26.1 Å². The van der Waals surface area contributed by atoms with Crippen molar-refractivity contribution in [3.8, 4) is 11.8 Å². The zero-order chi connectivity index (χ0) is 12.0. The van der Waals surface area contributed by atoms with Crippen molar-refractivity contribution in [1.29, 1.82) is 5.26 Å². The lowest BCUT2D eigenvalue weighted by atomic mass is 10.2. The largest absolute Gasteiger partial charge is 0.497 e. The van der Waals surface area contributed by atoms with Gasteiger partial charge in [0.2, 0.25) is 0 Å². The summed E-state index contributed by atoms with van der Waals surface area (Å²) >= 11 is 0. The molecule has 1 rings (SSSR count). The molecule has 1 aromatic rings. The third-order valence-corrected chi connectivity index (χ3v) is 2.00. The summed E-state index contributed by atoms with van der Waals surface area (Å²) < 4.78 is 9.51. The third-order valence-electron chi connectivity index (χ3n) is 2.00. The zero-order valence-corrected chi connectivity index (χ0v) is 9.11. The fraction of sp³-hybridized carbons (Fsp3) is 0.273. The molecule has 0 aliphatic rings. The van der Waals surface area contributed by atoms with Gasteiger partial charge in [0.15, 0.2) is 0 Å². The maximum Gasteiger partial charge on any atom is 0.325 e. The van der Waals surface area contributed by atoms with E-state index in [4.69, 9.17) is 10.00 Å². The lowest BCUT2D eigenvalue weighted by molar-refractivity contribution is -0.138. The zero-order valence-electron chi connectivity index (χ0n) is 9.11. The van der Waals surface area contributed by atoms with Gasteiger partial charge < -0.3 is 14.8 Å². The summed E-state index contributed by atoms with van der Waals surface area (Å²) in [5.41, 5.74) is 0.997. The minimum Gasteiger partial charge on any atom is -0.497 e. The van der Waals surface area contributed by atoms with Crippen LogP contribution in [0.15, 0.2) is 18.2 Å². The van der Waals surface area contributed by atoms with E-state index < -0.39 is 5.97 Å². The van der Waals surface area contributed by atoms with Gasteiger partial charge in [-0.25, -0.2) is 0 Å². The SMILES string of the molecule is COC(=O)CNc1cc(OC)ccc1C#N. The summed E-state index contributed by atoms with van der Waals surface area (Å²) in [4.78, 5) is 10.9. The molecule has 0 aliphatic carbocycles. The second-order valence-electron chi connectivity index (χ2n) is 2.95. The number of benzene rings is 1. The summed E-state index contributed by atoms with van der Waals surface area (Å²) in [7, 11) is 2.84. The number of esters is 1. The van der Waals surface area contributed by atoms with Crippen molar-refractivity contribution in [1.82, 2.24) is 0 Å². The second kappa shape index (κ2) is 5.61. The average molecular weight is 220 g/mol. The van der Waals surface area contributed by atoms with E-state index >= 15 is 0 Å². The second-order valence-corrected chi connectivity index (χ2v) is 2.95. The van der Waals surface area contributed by atoms with Crippen molar-refractivity contribution in [3.05, 3.63) is 23.8 Å². The van der Waals surface area contributed by atoms with Gasteiger partial charge >= 0.3 is 5.97 Å². The van der Waals surface area contributed by atoms with E-state index in [1.807, 2.05) is 6.07 Å². The van der Waals surface area contributed by atoms with E-state index in [-0.39, 0.29) is 6.54 Å². The number of nitrogens with one attached hydrogen (secondary N) is 1. The van der Waals surface area contributed by atoms with Gasteiger partial charge in [-0.15, -0.1) is 0 Å². The molecule has 0 saturated heterocycles. The van der Waals surface area contributed by atoms with Crippen LogP contribution in [-0.4, -0.2) is 26.7 Å². The number of methoxy groups -OCH3 is 2. The summed E-state index contributed by atoms with van der Waals surface area (Å²) in [6, 6.07) is 6.98. The van der Waals surface area contributed by atoms with Crippen LogP contribution in [0.2, 0.25) is 0 Å². The molecule has 16 heavy (non-hydrogen) atoms. The molecule has 0 amide bonds. The Labute approximate surface area is 93.6 Å². The molecule has 0 aromatic heterocycles. The number of nitriles is 1. The van der Waals surface area contributed by atoms with Gasteiger partial charge in [0.25, 0.3) is 0 Å². The van der Waals surface area contributed by atoms with Crippen LogP contribution in [0.1, 0.15) is 5.56 Å². The molecular weight excluding hydrogens is 208 g/mol. The van der Waals surface area contributed by atoms with E-state index in [2.05, 4.69) is 10.1 Å². The molecule has 0 fully saturated rings. The standard InChI is InChI=1S/C11H12N2O3/c1-15-9-4-3-8(6-12)10(5-9)13-7-11(14)16-2/h3-5,13H,7H2,1-2H3. The Morgan fingerprint density at radius 3 is 2.81 bits per heavy atom. The van der Waals surface area contributed by atoms with Gasteiger partial charge in [0, 0.05) is 6.07 Å². The first-order valence-electron chi connectivity index (χ1n) is 4.60. The number of ether oxygens (including phenoxy) is 2. The number of carbonyl (C=O) groups excluding carboxylic acids is 1. The van der Waals surface area contributed by atoms with Crippen molar-refractivity contribution in [2.45, 2.75) is 0 Å². The van der Waals surface area contributed by atoms with Crippen molar-refractivity contribution >= 4 is 11.7 Å². The van der Waals surface area contributed by atoms with Gasteiger partial charge in [0.05, 0.1) is 25.5 Å². The normalized spacial score (nSPS) is 9.06. The van der Waals surface area contributed by atoms with Crippen LogP contribution in [0, 0.1) is 11.3 Å². The molecule has 0 bridgehead atoms. The van der Waals surface area contributed by atoms with Crippen molar-refractivity contribution in [3.63, 3.8) is 0 Å². The summed E-state index contributed by atoms with van der Waals surface area (Å²) in [6.07, 6.45) is 0. The Bertz CT molecular complexity index is 424. The van der Waals surface area contributed by atoms with E-state index in [9.17, 15) is 4.79 Å². The molecule has 0 atom stereocenters. The average Bonchev–Trinajstić information content (AvgIpc) is 2.35. The molecule has 0 heterocycles. The first-order chi connectivity index (χ1) is 7.71. The third kappa shape index (κ3) is 2.89. The number of nitrogens with zero attached hydrogens (tertiary/aromatic N) is 1. The van der Waals surface area contributed by atoms with Gasteiger partial charge in [-0.2, -0.15) is 5.26 Å².